The van der Waals surface area contributed by atoms with Crippen LogP contribution >= 0.6 is 11.6 Å². The van der Waals surface area contributed by atoms with Gasteiger partial charge in [0.2, 0.25) is 0 Å². The molecule has 0 radical (unpaired) electrons. The minimum absolute atomic E-state index is 0.165. The normalized spacial score (nSPS) is 10.7. The molecule has 8 heteroatoms. The highest BCUT2D eigenvalue weighted by atomic mass is 35.5. The largest absolute Gasteiger partial charge is 0.471 e. The van der Waals surface area contributed by atoms with Crippen LogP contribution in [0.15, 0.2) is 73.1 Å². The lowest BCUT2D eigenvalue weighted by atomic mass is 10.1. The summed E-state index contributed by atoms with van der Waals surface area (Å²) in [6, 6.07) is 18.6. The zero-order valence-corrected chi connectivity index (χ0v) is 17.1. The van der Waals surface area contributed by atoms with E-state index >= 15 is 0 Å². The van der Waals surface area contributed by atoms with Crippen molar-refractivity contribution in [1.82, 2.24) is 19.6 Å². The van der Waals surface area contributed by atoms with Crippen LogP contribution in [0.25, 0.3) is 0 Å². The molecular weight excluding hydrogens is 402 g/mol. The van der Waals surface area contributed by atoms with E-state index in [-0.39, 0.29) is 18.3 Å². The first kappa shape index (κ1) is 19.7. The Morgan fingerprint density at radius 2 is 1.87 bits per heavy atom. The Morgan fingerprint density at radius 1 is 1.03 bits per heavy atom. The molecular formula is C22H20ClN5O2. The number of rotatable bonds is 7. The van der Waals surface area contributed by atoms with Gasteiger partial charge in [0.25, 0.3) is 5.91 Å². The molecule has 1 amide bonds. The van der Waals surface area contributed by atoms with Crippen LogP contribution in [0.2, 0.25) is 5.02 Å². The molecule has 0 saturated carbocycles. The van der Waals surface area contributed by atoms with Crippen molar-refractivity contribution >= 4 is 23.3 Å². The molecule has 0 saturated heterocycles. The molecule has 0 bridgehead atoms. The summed E-state index contributed by atoms with van der Waals surface area (Å²) in [5, 5.41) is 12.0. The Hall–Kier alpha value is -3.58. The Morgan fingerprint density at radius 3 is 2.70 bits per heavy atom. The van der Waals surface area contributed by atoms with Crippen molar-refractivity contribution in [2.45, 2.75) is 20.2 Å². The molecule has 2 aromatic carbocycles. The lowest BCUT2D eigenvalue weighted by molar-refractivity contribution is 0.101. The number of carbonyl (C=O) groups is 1. The topological polar surface area (TPSA) is 74.0 Å². The second-order valence-corrected chi connectivity index (χ2v) is 7.19. The molecule has 0 atom stereocenters. The summed E-state index contributed by atoms with van der Waals surface area (Å²) in [7, 11) is 0. The molecule has 7 nitrogen and oxygen atoms in total. The first-order chi connectivity index (χ1) is 14.6. The van der Waals surface area contributed by atoms with E-state index in [2.05, 4.69) is 34.6 Å². The zero-order valence-electron chi connectivity index (χ0n) is 16.3. The van der Waals surface area contributed by atoms with Crippen molar-refractivity contribution in [3.05, 3.63) is 94.9 Å². The number of benzene rings is 2. The number of anilines is 1. The molecule has 0 aliphatic carbocycles. The minimum atomic E-state index is -0.336. The van der Waals surface area contributed by atoms with Crippen molar-refractivity contribution in [3.63, 3.8) is 0 Å². The fourth-order valence-electron chi connectivity index (χ4n) is 2.91. The molecule has 0 aliphatic rings. The van der Waals surface area contributed by atoms with E-state index in [0.29, 0.717) is 23.1 Å². The molecule has 152 valence electrons. The third kappa shape index (κ3) is 4.87. The maximum absolute atomic E-state index is 12.5. The van der Waals surface area contributed by atoms with E-state index in [9.17, 15) is 4.79 Å². The lowest BCUT2D eigenvalue weighted by Crippen LogP contribution is -2.15. The van der Waals surface area contributed by atoms with E-state index < -0.39 is 0 Å². The number of hydrogen-bond donors (Lipinski definition) is 1. The molecule has 2 aromatic heterocycles. The maximum Gasteiger partial charge on any atom is 0.277 e. The van der Waals surface area contributed by atoms with Gasteiger partial charge in [-0.1, -0.05) is 41.9 Å². The third-order valence-electron chi connectivity index (χ3n) is 4.51. The molecule has 0 spiro atoms. The second kappa shape index (κ2) is 8.84. The first-order valence-corrected chi connectivity index (χ1v) is 9.76. The van der Waals surface area contributed by atoms with Crippen LogP contribution in [-0.4, -0.2) is 25.5 Å². The summed E-state index contributed by atoms with van der Waals surface area (Å²) < 4.78 is 8.94. The first-order valence-electron chi connectivity index (χ1n) is 9.38. The molecule has 30 heavy (non-hydrogen) atoms. The van der Waals surface area contributed by atoms with Crippen LogP contribution in [0, 0.1) is 6.92 Å². The van der Waals surface area contributed by atoms with Crippen LogP contribution < -0.4 is 10.1 Å². The van der Waals surface area contributed by atoms with Gasteiger partial charge in [0.05, 0.1) is 6.54 Å². The number of carbonyl (C=O) groups excluding carboxylic acids is 1. The van der Waals surface area contributed by atoms with E-state index in [1.54, 1.807) is 47.3 Å². The fourth-order valence-corrected chi connectivity index (χ4v) is 3.09. The molecule has 0 fully saturated rings. The van der Waals surface area contributed by atoms with E-state index in [1.807, 2.05) is 18.3 Å². The van der Waals surface area contributed by atoms with Crippen LogP contribution in [0.1, 0.15) is 21.6 Å². The number of aryl methyl sites for hydroxylation is 1. The summed E-state index contributed by atoms with van der Waals surface area (Å²) in [5.41, 5.74) is 2.65. The average Bonchev–Trinajstić information content (AvgIpc) is 3.38. The quantitative estimate of drug-likeness (QED) is 0.480. The van der Waals surface area contributed by atoms with Crippen molar-refractivity contribution in [2.75, 3.05) is 5.32 Å². The number of hydrogen-bond acceptors (Lipinski definition) is 4. The van der Waals surface area contributed by atoms with Crippen molar-refractivity contribution in [3.8, 4) is 5.75 Å². The smallest absolute Gasteiger partial charge is 0.277 e. The Bertz CT molecular complexity index is 1170. The van der Waals surface area contributed by atoms with Crippen LogP contribution in [0.4, 0.5) is 5.82 Å². The summed E-state index contributed by atoms with van der Waals surface area (Å²) in [6.07, 6.45) is 3.51. The van der Waals surface area contributed by atoms with Crippen LogP contribution in [0.5, 0.6) is 5.75 Å². The average molecular weight is 422 g/mol. The number of nitrogens with one attached hydrogen (secondary N) is 1. The van der Waals surface area contributed by atoms with Gasteiger partial charge in [-0.25, -0.2) is 4.68 Å². The minimum Gasteiger partial charge on any atom is -0.471 e. The third-order valence-corrected chi connectivity index (χ3v) is 4.74. The maximum atomic E-state index is 12.5. The van der Waals surface area contributed by atoms with Gasteiger partial charge in [-0.2, -0.15) is 10.2 Å². The summed E-state index contributed by atoms with van der Waals surface area (Å²) in [4.78, 5) is 12.5. The Kier molecular flexibility index (Phi) is 5.81. The Labute approximate surface area is 178 Å². The lowest BCUT2D eigenvalue weighted by Gasteiger charge is -2.06. The van der Waals surface area contributed by atoms with Crippen molar-refractivity contribution in [2.24, 2.45) is 0 Å². The van der Waals surface area contributed by atoms with Gasteiger partial charge in [0.15, 0.2) is 18.2 Å². The fraction of sp³-hybridized carbons (Fsp3) is 0.136. The number of nitrogens with zero attached hydrogens (tertiary/aromatic N) is 4. The van der Waals surface area contributed by atoms with Gasteiger partial charge in [-0.15, -0.1) is 0 Å². The summed E-state index contributed by atoms with van der Waals surface area (Å²) in [5.74, 6) is 0.763. The van der Waals surface area contributed by atoms with E-state index in [4.69, 9.17) is 16.3 Å². The van der Waals surface area contributed by atoms with Gasteiger partial charge in [0, 0.05) is 23.5 Å². The molecule has 1 N–H and O–H groups in total. The zero-order chi connectivity index (χ0) is 20.9. The predicted molar refractivity (Wildman–Crippen MR) is 115 cm³/mol. The second-order valence-electron chi connectivity index (χ2n) is 6.75. The van der Waals surface area contributed by atoms with Crippen molar-refractivity contribution in [1.29, 1.82) is 0 Å². The number of halogens is 1. The monoisotopic (exact) mass is 421 g/mol. The highest BCUT2D eigenvalue weighted by Crippen LogP contribution is 2.17. The molecule has 4 aromatic rings. The number of ether oxygens (including phenoxy) is 1. The standard InChI is InChI=1S/C22H20ClN5O2/c1-16-5-2-3-6-17(16)14-27-12-10-21(26-27)24-22(29)20-9-11-28(25-20)15-30-19-8-4-7-18(23)13-19/h2-13H,14-15H2,1H3,(H,24,26,29). The van der Waals surface area contributed by atoms with Gasteiger partial charge >= 0.3 is 0 Å². The van der Waals surface area contributed by atoms with E-state index in [1.165, 1.54) is 15.8 Å². The highest BCUT2D eigenvalue weighted by Gasteiger charge is 2.12. The SMILES string of the molecule is Cc1ccccc1Cn1ccc(NC(=O)c2ccn(COc3cccc(Cl)c3)n2)n1. The molecule has 2 heterocycles. The summed E-state index contributed by atoms with van der Waals surface area (Å²) >= 11 is 5.94. The van der Waals surface area contributed by atoms with Crippen LogP contribution in [-0.2, 0) is 13.3 Å². The van der Waals surface area contributed by atoms with E-state index in [0.717, 1.165) is 0 Å². The van der Waals surface area contributed by atoms with Gasteiger partial charge < -0.3 is 10.1 Å². The predicted octanol–water partition coefficient (Wildman–Crippen LogP) is 4.38. The molecule has 4 rings (SSSR count). The molecule has 0 aliphatic heterocycles. The summed E-state index contributed by atoms with van der Waals surface area (Å²) in [6.45, 7) is 2.87. The van der Waals surface area contributed by atoms with Crippen LogP contribution in [0.3, 0.4) is 0 Å². The molecule has 0 unspecified atom stereocenters. The highest BCUT2D eigenvalue weighted by molar-refractivity contribution is 6.30. The van der Waals surface area contributed by atoms with Gasteiger partial charge in [0.1, 0.15) is 5.75 Å². The van der Waals surface area contributed by atoms with Crippen molar-refractivity contribution < 1.29 is 9.53 Å². The van der Waals surface area contributed by atoms with Gasteiger partial charge in [-0.05, 0) is 42.3 Å². The Balaban J connectivity index is 1.34. The van der Waals surface area contributed by atoms with Gasteiger partial charge in [-0.3, -0.25) is 9.48 Å². The number of aromatic nitrogens is 4. The number of amides is 1.